The first-order valence-corrected chi connectivity index (χ1v) is 10.6. The Morgan fingerprint density at radius 3 is 2.10 bits per heavy atom. The summed E-state index contributed by atoms with van der Waals surface area (Å²) in [6.07, 6.45) is -1.00. The Bertz CT molecular complexity index is 482. The third-order valence-corrected chi connectivity index (χ3v) is 7.98. The van der Waals surface area contributed by atoms with E-state index in [1.165, 1.54) is 6.92 Å². The van der Waals surface area contributed by atoms with Gasteiger partial charge in [-0.3, -0.25) is 18.5 Å². The van der Waals surface area contributed by atoms with E-state index in [0.717, 1.165) is 0 Å². The molecule has 8 nitrogen and oxygen atoms in total. The van der Waals surface area contributed by atoms with Crippen LogP contribution in [-0.4, -0.2) is 47.0 Å². The Kier molecular flexibility index (Phi) is 8.87. The lowest BCUT2D eigenvalue weighted by Crippen LogP contribution is -2.28. The van der Waals surface area contributed by atoms with Gasteiger partial charge in [-0.15, -0.1) is 0 Å². The molecular formula is C8H15O8P3S. The minimum Gasteiger partial charge on any atom is -0.481 e. The molecule has 0 aromatic rings. The number of aliphatic carboxylic acids is 1. The van der Waals surface area contributed by atoms with Crippen LogP contribution in [0.2, 0.25) is 0 Å². The third-order valence-electron chi connectivity index (χ3n) is 2.57. The summed E-state index contributed by atoms with van der Waals surface area (Å²) >= 11 is 0. The molecule has 0 aliphatic heterocycles. The topological polar surface area (TPSA) is 143 Å². The number of hydrogen-bond donors (Lipinski definition) is 2. The molecule has 3 unspecified atom stereocenters. The van der Waals surface area contributed by atoms with E-state index in [-0.39, 0.29) is 12.6 Å². The molecule has 0 aromatic carbocycles. The van der Waals surface area contributed by atoms with Gasteiger partial charge in [0.1, 0.15) is 5.40 Å². The summed E-state index contributed by atoms with van der Waals surface area (Å²) in [5.41, 5.74) is 0. The van der Waals surface area contributed by atoms with Gasteiger partial charge in [0, 0.05) is 12.3 Å². The molecule has 0 saturated heterocycles. The van der Waals surface area contributed by atoms with E-state index in [1.54, 1.807) is 0 Å². The highest BCUT2D eigenvalue weighted by molar-refractivity contribution is 7.86. The molecule has 116 valence electrons. The summed E-state index contributed by atoms with van der Waals surface area (Å²) in [7, 11) is -8.04. The van der Waals surface area contributed by atoms with Gasteiger partial charge in [0.05, 0.1) is 19.0 Å². The van der Waals surface area contributed by atoms with E-state index in [0.29, 0.717) is 0 Å². The molecule has 0 bridgehead atoms. The van der Waals surface area contributed by atoms with Crippen molar-refractivity contribution < 1.29 is 36.6 Å². The highest BCUT2D eigenvalue weighted by Gasteiger charge is 2.30. The zero-order valence-corrected chi connectivity index (χ0v) is 14.1. The zero-order valence-electron chi connectivity index (χ0n) is 10.5. The highest BCUT2D eigenvalue weighted by atomic mass is 32.2. The second-order valence-electron chi connectivity index (χ2n) is 4.25. The van der Waals surface area contributed by atoms with Gasteiger partial charge in [0.2, 0.25) is 0 Å². The Morgan fingerprint density at radius 1 is 1.25 bits per heavy atom. The zero-order chi connectivity index (χ0) is 15.9. The molecule has 0 aromatic heterocycles. The quantitative estimate of drug-likeness (QED) is 0.441. The maximum absolute atomic E-state index is 11.8. The van der Waals surface area contributed by atoms with Crippen LogP contribution in [0, 0.1) is 5.92 Å². The van der Waals surface area contributed by atoms with Crippen molar-refractivity contribution in [2.24, 2.45) is 5.92 Å². The minimum atomic E-state index is -4.54. The first-order valence-electron chi connectivity index (χ1n) is 5.47. The van der Waals surface area contributed by atoms with E-state index < -0.39 is 63.5 Å². The average Bonchev–Trinajstić information content (AvgIpc) is 2.33. The van der Waals surface area contributed by atoms with Gasteiger partial charge in [-0.2, -0.15) is 8.42 Å². The van der Waals surface area contributed by atoms with Crippen LogP contribution in [0.25, 0.3) is 0 Å². The van der Waals surface area contributed by atoms with Crippen LogP contribution in [0.15, 0.2) is 0 Å². The van der Waals surface area contributed by atoms with E-state index in [1.807, 2.05) is 0 Å². The van der Waals surface area contributed by atoms with Crippen molar-refractivity contribution >= 4 is 40.8 Å². The van der Waals surface area contributed by atoms with Gasteiger partial charge in [0.15, 0.2) is 16.9 Å². The summed E-state index contributed by atoms with van der Waals surface area (Å²) in [6.45, 7) is 1.27. The summed E-state index contributed by atoms with van der Waals surface area (Å²) in [4.78, 5) is 10.7. The van der Waals surface area contributed by atoms with Gasteiger partial charge in [-0.05, 0) is 6.42 Å². The lowest BCUT2D eigenvalue weighted by Gasteiger charge is -2.16. The van der Waals surface area contributed by atoms with Crippen molar-refractivity contribution in [2.45, 2.75) is 24.0 Å². The molecule has 0 amide bonds. The van der Waals surface area contributed by atoms with Gasteiger partial charge in [-0.25, -0.2) is 0 Å². The highest BCUT2D eigenvalue weighted by Crippen LogP contribution is 2.34. The second-order valence-corrected chi connectivity index (χ2v) is 9.92. The average molecular weight is 364 g/mol. The third kappa shape index (κ3) is 7.55. The van der Waals surface area contributed by atoms with E-state index in [4.69, 9.17) is 9.66 Å². The Hall–Kier alpha value is -0.190. The number of carbonyl (C=O) groups is 1. The number of carboxylic acids is 1. The van der Waals surface area contributed by atoms with Crippen LogP contribution in [-0.2, 0) is 28.6 Å². The van der Waals surface area contributed by atoms with Crippen LogP contribution >= 0.6 is 24.7 Å². The summed E-state index contributed by atoms with van der Waals surface area (Å²) < 4.78 is 64.2. The molecule has 0 aliphatic carbocycles. The fraction of sp³-hybridized carbons (Fsp3) is 0.875. The minimum absolute atomic E-state index is 0.200. The van der Waals surface area contributed by atoms with Crippen molar-refractivity contribution in [2.75, 3.05) is 12.3 Å². The van der Waals surface area contributed by atoms with Crippen LogP contribution in [0.4, 0.5) is 0 Å². The van der Waals surface area contributed by atoms with Crippen molar-refractivity contribution in [3.63, 3.8) is 0 Å². The monoisotopic (exact) mass is 364 g/mol. The molecule has 0 radical (unpaired) electrons. The van der Waals surface area contributed by atoms with Gasteiger partial charge < -0.3 is 9.67 Å². The standard InChI is InChI=1S/C8H15O8P3S/c1-5(8(9)10)2-6(20(14,15)16)3-19(13)4-7(17-11)18-12/h5-7,19H,2-4H2,1H3,(H,9,10)(H,14,15,16). The fourth-order valence-corrected chi connectivity index (χ4v) is 6.59. The molecule has 0 aliphatic rings. The first-order chi connectivity index (χ1) is 9.11. The molecule has 0 rings (SSSR count). The Balaban J connectivity index is 4.83. The van der Waals surface area contributed by atoms with Crippen molar-refractivity contribution in [1.82, 2.24) is 0 Å². The number of rotatable bonds is 10. The maximum Gasteiger partial charge on any atom is 0.306 e. The van der Waals surface area contributed by atoms with Crippen LogP contribution < -0.4 is 0 Å². The molecule has 0 fully saturated rings. The molecule has 2 N–H and O–H groups in total. The fourth-order valence-electron chi connectivity index (χ4n) is 1.44. The predicted octanol–water partition coefficient (Wildman–Crippen LogP) is 1.82. The van der Waals surface area contributed by atoms with Crippen LogP contribution in [0.1, 0.15) is 13.3 Å². The Morgan fingerprint density at radius 2 is 1.75 bits per heavy atom. The van der Waals surface area contributed by atoms with E-state index >= 15 is 0 Å². The van der Waals surface area contributed by atoms with E-state index in [2.05, 4.69) is 0 Å². The van der Waals surface area contributed by atoms with Crippen LogP contribution in [0.5, 0.6) is 0 Å². The number of carboxylic acid groups (broad SMARTS) is 1. The molecule has 0 heterocycles. The molecule has 0 spiro atoms. The lowest BCUT2D eigenvalue weighted by molar-refractivity contribution is -0.141. The van der Waals surface area contributed by atoms with Gasteiger partial charge >= 0.3 is 5.97 Å². The smallest absolute Gasteiger partial charge is 0.306 e. The van der Waals surface area contributed by atoms with Crippen LogP contribution in [0.3, 0.4) is 0 Å². The Labute approximate surface area is 120 Å². The molecular weight excluding hydrogens is 349 g/mol. The van der Waals surface area contributed by atoms with Gasteiger partial charge in [-0.1, -0.05) is 6.92 Å². The molecule has 12 heteroatoms. The SMILES string of the molecule is CC(CC(C[PH](=O)CC(P=O)P=O)S(=O)(=O)O)C(=O)O. The van der Waals surface area contributed by atoms with Crippen molar-refractivity contribution in [3.8, 4) is 0 Å². The second kappa shape index (κ2) is 8.96. The van der Waals surface area contributed by atoms with Crippen molar-refractivity contribution in [3.05, 3.63) is 0 Å². The summed E-state index contributed by atoms with van der Waals surface area (Å²) in [5, 5.41) is 6.37. The number of hydrogen-bond acceptors (Lipinski definition) is 6. The molecule has 0 saturated carbocycles. The maximum atomic E-state index is 11.8. The van der Waals surface area contributed by atoms with Gasteiger partial charge in [0.25, 0.3) is 10.1 Å². The summed E-state index contributed by atoms with van der Waals surface area (Å²) in [5.74, 6) is -2.25. The largest absolute Gasteiger partial charge is 0.481 e. The molecule has 20 heavy (non-hydrogen) atoms. The normalized spacial score (nSPS) is 18.5. The first kappa shape index (κ1) is 19.8. The van der Waals surface area contributed by atoms with Crippen molar-refractivity contribution in [1.29, 1.82) is 0 Å². The summed E-state index contributed by atoms with van der Waals surface area (Å²) in [6, 6.07) is 0. The molecule has 3 atom stereocenters. The lowest BCUT2D eigenvalue weighted by atomic mass is 10.1. The predicted molar refractivity (Wildman–Crippen MR) is 74.5 cm³/mol. The van der Waals surface area contributed by atoms with E-state index in [9.17, 15) is 26.9 Å².